The average Bonchev–Trinajstić information content (AvgIpc) is 2.00. The van der Waals surface area contributed by atoms with Crippen LogP contribution < -0.4 is 5.32 Å². The lowest BCUT2D eigenvalue weighted by Crippen LogP contribution is -2.18. The summed E-state index contributed by atoms with van der Waals surface area (Å²) in [6.45, 7) is 4.61. The first-order chi connectivity index (χ1) is 5.26. The fourth-order valence-electron chi connectivity index (χ4n) is 0.706. The van der Waals surface area contributed by atoms with Crippen LogP contribution in [0.5, 0.6) is 0 Å². The molecule has 1 N–H and O–H groups in total. The highest BCUT2D eigenvalue weighted by molar-refractivity contribution is 5.88. The van der Waals surface area contributed by atoms with E-state index in [-0.39, 0.29) is 13.4 Å². The number of ether oxygens (including phenoxy) is 1. The van der Waals surface area contributed by atoms with Crippen LogP contribution in [0.25, 0.3) is 0 Å². The Labute approximate surface area is 74.8 Å². The second-order valence-electron chi connectivity index (χ2n) is 2.06. The van der Waals surface area contributed by atoms with Crippen LogP contribution >= 0.6 is 0 Å². The Balaban J connectivity index is 0. The van der Waals surface area contributed by atoms with E-state index in [1.165, 1.54) is 0 Å². The molecular formula is C9H19NO2. The Morgan fingerprint density at radius 2 is 2.17 bits per heavy atom. The molecule has 0 aromatic rings. The fourth-order valence-corrected chi connectivity index (χ4v) is 0.706. The predicted octanol–water partition coefficient (Wildman–Crippen LogP) is 1.35. The molecule has 0 saturated carbocycles. The normalized spacial score (nSPS) is 10.4. The molecule has 0 heterocycles. The first kappa shape index (κ1) is 13.7. The number of carbonyl (C=O) groups excluding carboxylic acids is 1. The number of nitrogens with one attached hydrogen (secondary N) is 1. The SMILES string of the molecule is C.C/C=C(\CNC)C(=O)OCC. The molecule has 0 aliphatic rings. The average molecular weight is 173 g/mol. The summed E-state index contributed by atoms with van der Waals surface area (Å²) in [5, 5.41) is 2.89. The van der Waals surface area contributed by atoms with Crippen molar-refractivity contribution in [2.45, 2.75) is 21.3 Å². The van der Waals surface area contributed by atoms with Gasteiger partial charge in [-0.1, -0.05) is 13.5 Å². The second kappa shape index (κ2) is 8.27. The molecule has 0 radical (unpaired) electrons. The van der Waals surface area contributed by atoms with Crippen LogP contribution in [0.1, 0.15) is 21.3 Å². The third-order valence-corrected chi connectivity index (χ3v) is 1.25. The van der Waals surface area contributed by atoms with Gasteiger partial charge in [-0.05, 0) is 20.9 Å². The van der Waals surface area contributed by atoms with E-state index < -0.39 is 0 Å². The van der Waals surface area contributed by atoms with Crippen LogP contribution in [-0.2, 0) is 9.53 Å². The lowest BCUT2D eigenvalue weighted by Gasteiger charge is -2.04. The monoisotopic (exact) mass is 173 g/mol. The van der Waals surface area contributed by atoms with Gasteiger partial charge in [-0.2, -0.15) is 0 Å². The van der Waals surface area contributed by atoms with Gasteiger partial charge >= 0.3 is 5.97 Å². The van der Waals surface area contributed by atoms with Crippen molar-refractivity contribution in [1.29, 1.82) is 0 Å². The van der Waals surface area contributed by atoms with Crippen molar-refractivity contribution in [3.8, 4) is 0 Å². The Hall–Kier alpha value is -0.830. The van der Waals surface area contributed by atoms with E-state index in [1.807, 2.05) is 6.92 Å². The highest BCUT2D eigenvalue weighted by Crippen LogP contribution is 1.95. The molecule has 0 saturated heterocycles. The highest BCUT2D eigenvalue weighted by atomic mass is 16.5. The zero-order valence-corrected chi connectivity index (χ0v) is 7.31. The number of esters is 1. The van der Waals surface area contributed by atoms with E-state index in [0.717, 1.165) is 0 Å². The molecule has 0 amide bonds. The summed E-state index contributed by atoms with van der Waals surface area (Å²) in [5.41, 5.74) is 0.675. The van der Waals surface area contributed by atoms with Gasteiger partial charge in [0.25, 0.3) is 0 Å². The van der Waals surface area contributed by atoms with Gasteiger partial charge in [-0.3, -0.25) is 0 Å². The maximum atomic E-state index is 11.0. The molecule has 3 nitrogen and oxygen atoms in total. The summed E-state index contributed by atoms with van der Waals surface area (Å²) >= 11 is 0. The van der Waals surface area contributed by atoms with Crippen LogP contribution in [0, 0.1) is 0 Å². The maximum absolute atomic E-state index is 11.0. The van der Waals surface area contributed by atoms with Gasteiger partial charge < -0.3 is 10.1 Å². The fraction of sp³-hybridized carbons (Fsp3) is 0.667. The van der Waals surface area contributed by atoms with Crippen molar-refractivity contribution in [1.82, 2.24) is 5.32 Å². The Morgan fingerprint density at radius 1 is 1.58 bits per heavy atom. The first-order valence-corrected chi connectivity index (χ1v) is 3.73. The van der Waals surface area contributed by atoms with E-state index in [1.54, 1.807) is 20.0 Å². The van der Waals surface area contributed by atoms with Gasteiger partial charge in [-0.25, -0.2) is 4.79 Å². The van der Waals surface area contributed by atoms with Crippen LogP contribution in [0.15, 0.2) is 11.6 Å². The number of carbonyl (C=O) groups is 1. The van der Waals surface area contributed by atoms with E-state index in [0.29, 0.717) is 18.7 Å². The largest absolute Gasteiger partial charge is 0.463 e. The molecule has 0 rings (SSSR count). The summed E-state index contributed by atoms with van der Waals surface area (Å²) in [7, 11) is 1.79. The van der Waals surface area contributed by atoms with Crippen molar-refractivity contribution >= 4 is 5.97 Å². The molecular weight excluding hydrogens is 154 g/mol. The van der Waals surface area contributed by atoms with Crippen molar-refractivity contribution in [3.63, 3.8) is 0 Å². The lowest BCUT2D eigenvalue weighted by molar-refractivity contribution is -0.138. The third kappa shape index (κ3) is 4.91. The van der Waals surface area contributed by atoms with Crippen molar-refractivity contribution in [2.24, 2.45) is 0 Å². The van der Waals surface area contributed by atoms with Gasteiger partial charge in [0.05, 0.1) is 6.61 Å². The van der Waals surface area contributed by atoms with Crippen LogP contribution in [0.3, 0.4) is 0 Å². The summed E-state index contributed by atoms with van der Waals surface area (Å²) in [6.07, 6.45) is 1.76. The van der Waals surface area contributed by atoms with Crippen LogP contribution in [-0.4, -0.2) is 26.2 Å². The van der Waals surface area contributed by atoms with E-state index >= 15 is 0 Å². The minimum atomic E-state index is -0.232. The zero-order valence-electron chi connectivity index (χ0n) is 7.31. The van der Waals surface area contributed by atoms with Crippen molar-refractivity contribution in [3.05, 3.63) is 11.6 Å². The summed E-state index contributed by atoms with van der Waals surface area (Å²) in [5.74, 6) is -0.232. The van der Waals surface area contributed by atoms with Crippen LogP contribution in [0.2, 0.25) is 0 Å². The number of likely N-dealkylation sites (N-methyl/N-ethyl adjacent to an activating group) is 1. The van der Waals surface area contributed by atoms with E-state index in [9.17, 15) is 4.79 Å². The quantitative estimate of drug-likeness (QED) is 0.515. The van der Waals surface area contributed by atoms with Gasteiger partial charge in [-0.15, -0.1) is 0 Å². The Kier molecular flexibility index (Phi) is 9.47. The zero-order chi connectivity index (χ0) is 8.69. The summed E-state index contributed by atoms with van der Waals surface area (Å²) in [6, 6.07) is 0. The molecule has 0 spiro atoms. The molecule has 0 aliphatic heterocycles. The predicted molar refractivity (Wildman–Crippen MR) is 51.0 cm³/mol. The molecule has 0 fully saturated rings. The smallest absolute Gasteiger partial charge is 0.334 e. The second-order valence-corrected chi connectivity index (χ2v) is 2.06. The van der Waals surface area contributed by atoms with Gasteiger partial charge in [0.1, 0.15) is 0 Å². The van der Waals surface area contributed by atoms with Gasteiger partial charge in [0.15, 0.2) is 0 Å². The number of rotatable bonds is 4. The van der Waals surface area contributed by atoms with Gasteiger partial charge in [0, 0.05) is 12.1 Å². The molecule has 3 heteroatoms. The summed E-state index contributed by atoms with van der Waals surface area (Å²) in [4.78, 5) is 11.0. The number of allylic oxidation sites excluding steroid dienone is 1. The topological polar surface area (TPSA) is 38.3 Å². The molecule has 0 unspecified atom stereocenters. The lowest BCUT2D eigenvalue weighted by atomic mass is 10.2. The molecule has 0 aliphatic carbocycles. The highest BCUT2D eigenvalue weighted by Gasteiger charge is 2.06. The number of hydrogen-bond donors (Lipinski definition) is 1. The maximum Gasteiger partial charge on any atom is 0.334 e. The Morgan fingerprint density at radius 3 is 2.50 bits per heavy atom. The standard InChI is InChI=1S/C8H15NO2.CH4/c1-4-7(6-9-3)8(10)11-5-2;/h4,9H,5-6H2,1-3H3;1H4/b7-4+;. The van der Waals surface area contributed by atoms with Gasteiger partial charge in [0.2, 0.25) is 0 Å². The van der Waals surface area contributed by atoms with Crippen molar-refractivity contribution < 1.29 is 9.53 Å². The van der Waals surface area contributed by atoms with E-state index in [4.69, 9.17) is 4.74 Å². The molecule has 0 aromatic heterocycles. The minimum Gasteiger partial charge on any atom is -0.463 e. The molecule has 0 atom stereocenters. The molecule has 72 valence electrons. The molecule has 12 heavy (non-hydrogen) atoms. The van der Waals surface area contributed by atoms with Crippen LogP contribution in [0.4, 0.5) is 0 Å². The Bertz CT molecular complexity index is 153. The van der Waals surface area contributed by atoms with Crippen molar-refractivity contribution in [2.75, 3.05) is 20.2 Å². The summed E-state index contributed by atoms with van der Waals surface area (Å²) < 4.78 is 4.80. The minimum absolute atomic E-state index is 0. The molecule has 0 aromatic carbocycles. The van der Waals surface area contributed by atoms with E-state index in [2.05, 4.69) is 5.32 Å². The first-order valence-electron chi connectivity index (χ1n) is 3.73. The third-order valence-electron chi connectivity index (χ3n) is 1.25. The molecule has 0 bridgehead atoms. The number of hydrogen-bond acceptors (Lipinski definition) is 3.